The highest BCUT2D eigenvalue weighted by Crippen LogP contribution is 2.59. The van der Waals surface area contributed by atoms with Crippen LogP contribution in [0.3, 0.4) is 0 Å². The fourth-order valence-electron chi connectivity index (χ4n) is 7.19. The van der Waals surface area contributed by atoms with Gasteiger partial charge < -0.3 is 29.7 Å². The molecule has 13 nitrogen and oxygen atoms in total. The molecule has 14 heteroatoms. The van der Waals surface area contributed by atoms with Crippen LogP contribution in [0.15, 0.2) is 47.0 Å². The Morgan fingerprint density at radius 1 is 1.15 bits per heavy atom. The van der Waals surface area contributed by atoms with Crippen molar-refractivity contribution in [1.29, 1.82) is 0 Å². The van der Waals surface area contributed by atoms with Gasteiger partial charge >= 0.3 is 5.97 Å². The number of hydrogen-bond donors (Lipinski definition) is 2. The first-order valence-electron chi connectivity index (χ1n) is 15.7. The van der Waals surface area contributed by atoms with Crippen LogP contribution in [-0.2, 0) is 35.3 Å². The molecule has 4 aliphatic heterocycles. The molecule has 0 radical (unpaired) electrons. The lowest BCUT2D eigenvalue weighted by Crippen LogP contribution is -2.58. The second-order valence-electron chi connectivity index (χ2n) is 12.9. The van der Waals surface area contributed by atoms with Crippen molar-refractivity contribution in [3.05, 3.63) is 47.0 Å². The summed E-state index contributed by atoms with van der Waals surface area (Å²) in [5.41, 5.74) is -0.0972. The van der Waals surface area contributed by atoms with Gasteiger partial charge in [0.05, 0.1) is 30.6 Å². The second kappa shape index (κ2) is 12.9. The summed E-state index contributed by atoms with van der Waals surface area (Å²) >= 11 is 3.56. The topological polar surface area (TPSA) is 156 Å². The lowest BCUT2D eigenvalue weighted by Gasteiger charge is -2.39. The van der Waals surface area contributed by atoms with E-state index in [0.29, 0.717) is 22.8 Å². The molecule has 2 saturated heterocycles. The molecule has 5 heterocycles. The van der Waals surface area contributed by atoms with Gasteiger partial charge in [-0.25, -0.2) is 4.68 Å². The molecule has 246 valence electrons. The van der Waals surface area contributed by atoms with Crippen molar-refractivity contribution < 1.29 is 33.8 Å². The van der Waals surface area contributed by atoms with Crippen LogP contribution in [0.2, 0.25) is 0 Å². The number of cyclic esters (lactones) is 1. The smallest absolute Gasteiger partial charge is 0.313 e. The summed E-state index contributed by atoms with van der Waals surface area (Å²) < 4.78 is 14.5. The summed E-state index contributed by atoms with van der Waals surface area (Å²) in [4.78, 5) is 58.8. The Balaban J connectivity index is 1.47. The maximum atomic E-state index is 15.0. The standard InChI is InChI=1S/C32H39BrN6O7/c1-18(2)13-20(16-40)39-28-30(43)37(17-38-23-10-7-6-9-22(23)35-36-38)12-8-4-5-11-24(41)34-15-19(3)45-31(44)25-26(29(39)42)32(28)14-21(33)27(25)46-32/h4,6-10,14,18-20,25-28,40H,5,11-13,15-17H2,1-3H3,(H,34,41)/b8-4-/t19-,20-,25+,26-,27+,28+,32-/m1/s1. The highest BCUT2D eigenvalue weighted by Gasteiger charge is 2.75. The van der Waals surface area contributed by atoms with E-state index in [0.717, 1.165) is 5.52 Å². The Morgan fingerprint density at radius 2 is 1.93 bits per heavy atom. The molecule has 1 aromatic carbocycles. The van der Waals surface area contributed by atoms with E-state index >= 15 is 0 Å². The number of para-hydroxylation sites is 1. The van der Waals surface area contributed by atoms with Gasteiger partial charge in [-0.3, -0.25) is 19.2 Å². The van der Waals surface area contributed by atoms with E-state index < -0.39 is 59.5 Å². The number of fused-ring (bicyclic) bond motifs is 3. The first kappa shape index (κ1) is 32.3. The van der Waals surface area contributed by atoms with Crippen LogP contribution < -0.4 is 5.32 Å². The van der Waals surface area contributed by atoms with E-state index in [1.807, 2.05) is 50.3 Å². The Hall–Kier alpha value is -3.62. The first-order chi connectivity index (χ1) is 22.1. The van der Waals surface area contributed by atoms with Crippen LogP contribution >= 0.6 is 15.9 Å². The minimum atomic E-state index is -1.48. The third kappa shape index (κ3) is 5.64. The highest BCUT2D eigenvalue weighted by atomic mass is 79.9. The van der Waals surface area contributed by atoms with Crippen molar-refractivity contribution in [3.8, 4) is 0 Å². The Labute approximate surface area is 275 Å². The number of rotatable bonds is 6. The van der Waals surface area contributed by atoms with Crippen LogP contribution in [0.25, 0.3) is 11.0 Å². The maximum absolute atomic E-state index is 15.0. The number of aliphatic hydroxyl groups excluding tert-OH is 1. The number of carbonyl (C=O) groups excluding carboxylic acids is 4. The average molecular weight is 700 g/mol. The van der Waals surface area contributed by atoms with E-state index in [-0.39, 0.29) is 44.6 Å². The molecule has 2 aromatic rings. The van der Waals surface area contributed by atoms with Gasteiger partial charge in [0.15, 0.2) is 0 Å². The molecule has 3 amide bonds. The fourth-order valence-corrected chi connectivity index (χ4v) is 7.93. The average Bonchev–Trinajstić information content (AvgIpc) is 3.74. The van der Waals surface area contributed by atoms with Gasteiger partial charge in [-0.05, 0) is 43.9 Å². The molecule has 2 N–H and O–H groups in total. The quantitative estimate of drug-likeness (QED) is 0.340. The van der Waals surface area contributed by atoms with Crippen molar-refractivity contribution in [2.75, 3.05) is 19.7 Å². The van der Waals surface area contributed by atoms with E-state index in [1.54, 1.807) is 22.6 Å². The number of aliphatic hydroxyl groups is 1. The van der Waals surface area contributed by atoms with Crippen LogP contribution in [0, 0.1) is 17.8 Å². The largest absolute Gasteiger partial charge is 0.460 e. The predicted molar refractivity (Wildman–Crippen MR) is 169 cm³/mol. The third-order valence-electron chi connectivity index (χ3n) is 9.19. The van der Waals surface area contributed by atoms with Crippen LogP contribution in [0.1, 0.15) is 40.0 Å². The van der Waals surface area contributed by atoms with Crippen molar-refractivity contribution in [3.63, 3.8) is 0 Å². The normalized spacial score (nSPS) is 31.7. The number of ether oxygens (including phenoxy) is 2. The zero-order chi connectivity index (χ0) is 32.7. The third-order valence-corrected chi connectivity index (χ3v) is 9.87. The summed E-state index contributed by atoms with van der Waals surface area (Å²) in [7, 11) is 0. The summed E-state index contributed by atoms with van der Waals surface area (Å²) in [6.45, 7) is 5.52. The van der Waals surface area contributed by atoms with Crippen LogP contribution in [-0.4, -0.2) is 103 Å². The number of benzene rings is 1. The van der Waals surface area contributed by atoms with Gasteiger partial charge in [-0.1, -0.05) is 59.3 Å². The molecule has 1 spiro atoms. The lowest BCUT2D eigenvalue weighted by molar-refractivity contribution is -0.159. The van der Waals surface area contributed by atoms with E-state index in [1.165, 1.54) is 4.90 Å². The number of halogens is 1. The Bertz CT molecular complexity index is 1590. The van der Waals surface area contributed by atoms with Crippen LogP contribution in [0.4, 0.5) is 0 Å². The van der Waals surface area contributed by atoms with Crippen molar-refractivity contribution >= 4 is 50.7 Å². The Morgan fingerprint density at radius 3 is 2.70 bits per heavy atom. The van der Waals surface area contributed by atoms with E-state index in [2.05, 4.69) is 31.6 Å². The van der Waals surface area contributed by atoms with Crippen LogP contribution in [0.5, 0.6) is 0 Å². The first-order valence-corrected chi connectivity index (χ1v) is 16.5. The monoisotopic (exact) mass is 698 g/mol. The number of likely N-dealkylation sites (tertiary alicyclic amines) is 1. The van der Waals surface area contributed by atoms with Crippen molar-refractivity contribution in [2.45, 2.75) is 76.6 Å². The molecule has 1 aromatic heterocycles. The van der Waals surface area contributed by atoms with Gasteiger partial charge in [0.25, 0.3) is 5.91 Å². The maximum Gasteiger partial charge on any atom is 0.313 e. The zero-order valence-corrected chi connectivity index (χ0v) is 27.6. The summed E-state index contributed by atoms with van der Waals surface area (Å²) in [5, 5.41) is 21.9. The zero-order valence-electron chi connectivity index (χ0n) is 26.0. The van der Waals surface area contributed by atoms with Gasteiger partial charge in [0.1, 0.15) is 42.0 Å². The Kier molecular flexibility index (Phi) is 9.05. The van der Waals surface area contributed by atoms with Gasteiger partial charge in [0.2, 0.25) is 11.8 Å². The second-order valence-corrected chi connectivity index (χ2v) is 13.8. The molecule has 0 unspecified atom stereocenters. The number of aromatic nitrogens is 3. The number of nitrogens with one attached hydrogen (secondary N) is 1. The number of carbonyl (C=O) groups is 4. The molecule has 46 heavy (non-hydrogen) atoms. The summed E-state index contributed by atoms with van der Waals surface area (Å²) in [6.07, 6.45) is 4.98. The van der Waals surface area contributed by atoms with E-state index in [4.69, 9.17) is 9.47 Å². The molecular formula is C32H39BrN6O7. The predicted octanol–water partition coefficient (Wildman–Crippen LogP) is 1.90. The molecule has 4 aliphatic rings. The number of allylic oxidation sites excluding steroid dienone is 1. The molecule has 6 rings (SSSR count). The number of esters is 1. The SMILES string of the molecule is CC(C)C[C@H](CO)N1C(=O)[C@H]2[C@@H]3C(=O)O[C@H](C)CNC(=O)CC/C=C\CN(Cn4nnc5ccccc54)C(=O)[C@H]1[C@@]21C=C(Br)[C@@H]3O1. The van der Waals surface area contributed by atoms with E-state index in [9.17, 15) is 24.3 Å². The molecule has 0 aliphatic carbocycles. The number of hydrogen-bond acceptors (Lipinski definition) is 9. The highest BCUT2D eigenvalue weighted by molar-refractivity contribution is 9.11. The van der Waals surface area contributed by atoms with Gasteiger partial charge in [0, 0.05) is 17.4 Å². The van der Waals surface area contributed by atoms with Gasteiger partial charge in [-0.2, -0.15) is 0 Å². The lowest BCUT2D eigenvalue weighted by atomic mass is 9.74. The molecule has 0 saturated carbocycles. The van der Waals surface area contributed by atoms with Crippen molar-refractivity contribution in [1.82, 2.24) is 30.1 Å². The molecule has 5 bridgehead atoms. The minimum absolute atomic E-state index is 0.00865. The summed E-state index contributed by atoms with van der Waals surface area (Å²) in [6, 6.07) is 5.52. The van der Waals surface area contributed by atoms with Gasteiger partial charge in [-0.15, -0.1) is 5.10 Å². The number of nitrogens with zero attached hydrogens (tertiary/aromatic N) is 5. The molecule has 2 fully saturated rings. The number of amides is 3. The van der Waals surface area contributed by atoms with Crippen molar-refractivity contribution in [2.24, 2.45) is 17.8 Å². The fraction of sp³-hybridized carbons (Fsp3) is 0.562. The summed E-state index contributed by atoms with van der Waals surface area (Å²) in [5.74, 6) is -3.70. The molecular weight excluding hydrogens is 660 g/mol. The minimum Gasteiger partial charge on any atom is -0.460 e. The molecule has 7 atom stereocenters.